The van der Waals surface area contributed by atoms with Gasteiger partial charge in [0.05, 0.1) is 12.3 Å². The first-order valence-electron chi connectivity index (χ1n) is 27.5. The van der Waals surface area contributed by atoms with Crippen LogP contribution in [0.5, 0.6) is 5.75 Å². The van der Waals surface area contributed by atoms with E-state index in [1.807, 2.05) is 0 Å². The average Bonchev–Trinajstić information content (AvgIpc) is 4.03. The monoisotopic (exact) mass is 1100 g/mol. The molecule has 1 aromatic heterocycles. The first kappa shape index (κ1) is 59.5. The highest BCUT2D eigenvalue weighted by molar-refractivity contribution is 7.46. The molecule has 1 saturated heterocycles. The Morgan fingerprint density at radius 2 is 1.66 bits per heavy atom. The summed E-state index contributed by atoms with van der Waals surface area (Å²) in [5.74, 6) is -0.606. The Balaban J connectivity index is 0.903. The molecule has 77 heavy (non-hydrogen) atoms. The molecular formula is C55H79FN5O15P. The lowest BCUT2D eigenvalue weighted by Gasteiger charge is -2.58. The maximum atomic E-state index is 14.0. The number of carboxylic acids is 1. The molecule has 1 aliphatic heterocycles. The fourth-order valence-corrected chi connectivity index (χ4v) is 14.2. The van der Waals surface area contributed by atoms with Gasteiger partial charge in [-0.1, -0.05) is 77.7 Å². The molecule has 1 aromatic carbocycles. The molecule has 4 unspecified atom stereocenters. The quantitative estimate of drug-likeness (QED) is 0.0306. The average molecular weight is 1100 g/mol. The van der Waals surface area contributed by atoms with Crippen molar-refractivity contribution in [3.8, 4) is 5.75 Å². The number of fused-ring (bicyclic) bond motifs is 5. The summed E-state index contributed by atoms with van der Waals surface area (Å²) in [7, 11) is -4.86. The number of aliphatic carboxylic acids is 1. The summed E-state index contributed by atoms with van der Waals surface area (Å²) in [6, 6.07) is 2.78. The smallest absolute Gasteiger partial charge is 0.480 e. The number of benzene rings is 1. The summed E-state index contributed by atoms with van der Waals surface area (Å²) >= 11 is 0. The van der Waals surface area contributed by atoms with Crippen molar-refractivity contribution in [3.05, 3.63) is 74.3 Å². The van der Waals surface area contributed by atoms with Crippen LogP contribution in [0, 0.1) is 52.2 Å². The van der Waals surface area contributed by atoms with E-state index in [2.05, 4.69) is 61.2 Å². The number of carbonyl (C=O) groups is 5. The van der Waals surface area contributed by atoms with Crippen molar-refractivity contribution in [2.45, 2.75) is 187 Å². The van der Waals surface area contributed by atoms with Crippen LogP contribution in [-0.4, -0.2) is 96.2 Å². The van der Waals surface area contributed by atoms with Crippen LogP contribution >= 0.6 is 7.82 Å². The molecule has 20 nitrogen and oxygen atoms in total. The second-order valence-corrected chi connectivity index (χ2v) is 24.5. The maximum absolute atomic E-state index is 14.0. The molecule has 0 bridgehead atoms. The zero-order valence-corrected chi connectivity index (χ0v) is 45.8. The number of carbonyl (C=O) groups excluding carboxylic acids is 4. The van der Waals surface area contributed by atoms with E-state index in [-0.39, 0.29) is 62.7 Å². The normalized spacial score (nSPS) is 28.9. The lowest BCUT2D eigenvalue weighted by Crippen LogP contribution is -2.53. The maximum Gasteiger partial charge on any atom is 0.524 e. The number of ketones is 1. The van der Waals surface area contributed by atoms with Crippen molar-refractivity contribution in [2.75, 3.05) is 6.54 Å². The topological polar surface area (TPSA) is 302 Å². The lowest BCUT2D eigenvalue weighted by atomic mass is 9.47. The molecule has 4 fully saturated rings. The highest BCUT2D eigenvalue weighted by atomic mass is 31.2. The number of nitrogens with one attached hydrogen (secondary N) is 4. The number of aromatic amines is 1. The van der Waals surface area contributed by atoms with Crippen molar-refractivity contribution < 1.29 is 66.9 Å². The van der Waals surface area contributed by atoms with Gasteiger partial charge in [0.1, 0.15) is 36.3 Å². The third-order valence-electron chi connectivity index (χ3n) is 17.8. The molecular weight excluding hydrogens is 1020 g/mol. The number of allylic oxidation sites excluding steroid dienone is 1. The Hall–Kier alpha value is -5.21. The van der Waals surface area contributed by atoms with Crippen LogP contribution in [0.4, 0.5) is 9.18 Å². The van der Waals surface area contributed by atoms with E-state index in [1.54, 1.807) is 4.98 Å². The number of aliphatic hydroxyl groups excluding tert-OH is 1. The highest BCUT2D eigenvalue weighted by Crippen LogP contribution is 2.67. The molecule has 0 spiro atoms. The molecule has 0 radical (unpaired) electrons. The minimum atomic E-state index is -4.86. The molecule has 22 heteroatoms. The van der Waals surface area contributed by atoms with Gasteiger partial charge in [0.15, 0.2) is 5.78 Å². The van der Waals surface area contributed by atoms with Crippen LogP contribution < -0.4 is 31.7 Å². The van der Waals surface area contributed by atoms with E-state index in [0.717, 1.165) is 35.2 Å². The van der Waals surface area contributed by atoms with Gasteiger partial charge in [-0.05, 0) is 128 Å². The van der Waals surface area contributed by atoms with Gasteiger partial charge in [0.25, 0.3) is 5.56 Å². The molecule has 5 aliphatic rings. The number of H-pyrrole nitrogens is 1. The predicted molar refractivity (Wildman–Crippen MR) is 280 cm³/mol. The van der Waals surface area contributed by atoms with Gasteiger partial charge >= 0.3 is 25.6 Å². The van der Waals surface area contributed by atoms with Gasteiger partial charge in [-0.25, -0.2) is 18.9 Å². The third kappa shape index (κ3) is 14.7. The summed E-state index contributed by atoms with van der Waals surface area (Å²) in [5.41, 5.74) is -0.0851. The number of unbranched alkanes of at least 4 members (excludes halogenated alkanes) is 1. The number of alkyl carbamates (subject to hydrolysis) is 1. The molecule has 2 heterocycles. The fourth-order valence-electron chi connectivity index (χ4n) is 13.8. The largest absolute Gasteiger partial charge is 0.524 e. The molecule has 2 aromatic rings. The van der Waals surface area contributed by atoms with Crippen molar-refractivity contribution in [1.82, 2.24) is 25.5 Å². The number of rotatable bonds is 24. The minimum Gasteiger partial charge on any atom is -0.480 e. The summed E-state index contributed by atoms with van der Waals surface area (Å²) in [4.78, 5) is 109. The van der Waals surface area contributed by atoms with Gasteiger partial charge in [0.2, 0.25) is 17.6 Å². The van der Waals surface area contributed by atoms with Crippen molar-refractivity contribution >= 4 is 37.5 Å². The summed E-state index contributed by atoms with van der Waals surface area (Å²) in [6.07, 6.45) is 9.21. The fraction of sp³-hybridized carbons (Fsp3) is 0.691. The second kappa shape index (κ2) is 25.3. The van der Waals surface area contributed by atoms with E-state index in [9.17, 15) is 62.5 Å². The second-order valence-electron chi connectivity index (χ2n) is 23.4. The zero-order valence-electron chi connectivity index (χ0n) is 44.9. The van der Waals surface area contributed by atoms with Crippen LogP contribution in [0.25, 0.3) is 0 Å². The number of hydrogen-bond donors (Lipinski definition) is 8. The van der Waals surface area contributed by atoms with Crippen molar-refractivity contribution in [2.24, 2.45) is 46.3 Å². The van der Waals surface area contributed by atoms with Gasteiger partial charge in [-0.15, -0.1) is 0 Å². The summed E-state index contributed by atoms with van der Waals surface area (Å²) in [5, 5.41) is 28.4. The number of Topliss-reactive ketones (excluding diaryl/α,β-unsaturated/α-hetero) is 1. The number of phosphoric ester groups is 1. The standard InChI is InChI=1S/C55H79FN5O15P/c1-31(2)9-8-10-32(3)38-18-19-39-37-17-14-34-28-36(22-24-54(34,4)40(37)23-25-55(38,39)5)74-53(70)59-43(27-33-12-15-35(16-13-33)76-77(71,72)73)50(66)58-42(51(67)68)11-6-7-26-57-46(64)21-20-44(62)48-45(63)29-47(75-48)61-30-41(56)49(65)60-52(61)69/h12-16,30-32,36-40,42-43,45,47-48,63H,6-11,17-29H2,1-5H3,(H,57,64)(H,58,66)(H,59,70)(H,67,68)(H,60,65,69)(H2,71,72,73)/t32-,36+,37+,38-,39+,40+,42-,43?,45?,47?,48?,54+,55-/m1/s1. The van der Waals surface area contributed by atoms with E-state index < -0.39 is 91.2 Å². The summed E-state index contributed by atoms with van der Waals surface area (Å²) in [6.45, 7) is 12.2. The Morgan fingerprint density at radius 1 is 0.922 bits per heavy atom. The van der Waals surface area contributed by atoms with Crippen molar-refractivity contribution in [1.29, 1.82) is 0 Å². The number of aliphatic hydroxyl groups is 1. The summed E-state index contributed by atoms with van der Waals surface area (Å²) < 4.78 is 42.2. The number of phosphoric acid groups is 1. The number of amides is 3. The third-order valence-corrected chi connectivity index (χ3v) is 18.3. The van der Waals surface area contributed by atoms with Gasteiger partial charge in [0, 0.05) is 38.6 Å². The number of aromatic nitrogens is 2. The molecule has 3 saturated carbocycles. The van der Waals surface area contributed by atoms with E-state index >= 15 is 0 Å². The molecule has 7 rings (SSSR count). The first-order valence-corrected chi connectivity index (χ1v) is 29.1. The number of ether oxygens (including phenoxy) is 2. The number of carboxylic acid groups (broad SMARTS) is 1. The SMILES string of the molecule is CC(C)CCC[C@@H](C)[C@H]1CC[C@H]2[C@@H]3CC=C4C[C@@H](OC(=O)NC(Cc5ccc(OP(=O)(O)O)cc5)C(=O)N[C@H](CCCCNC(=O)CCC(=O)C5OC(n6cc(F)c(=O)[nH]c6=O)CC5O)C(=O)O)CC[C@]4(C)[C@H]3CC[C@]12C. The number of halogens is 1. The molecule has 13 atom stereocenters. The molecule has 426 valence electrons. The first-order chi connectivity index (χ1) is 36.3. The van der Waals surface area contributed by atoms with Crippen LogP contribution in [-0.2, 0) is 39.6 Å². The van der Waals surface area contributed by atoms with Crippen LogP contribution in [0.1, 0.15) is 156 Å². The Labute approximate surface area is 448 Å². The Bertz CT molecular complexity index is 2660. The molecule has 4 aliphatic carbocycles. The number of nitrogens with zero attached hydrogens (tertiary/aromatic N) is 1. The van der Waals surface area contributed by atoms with Crippen LogP contribution in [0.2, 0.25) is 0 Å². The zero-order chi connectivity index (χ0) is 56.0. The Kier molecular flexibility index (Phi) is 19.5. The lowest BCUT2D eigenvalue weighted by molar-refractivity contribution is -0.142. The minimum absolute atomic E-state index is 0.00396. The number of hydrogen-bond acceptors (Lipinski definition) is 12. The Morgan fingerprint density at radius 3 is 2.36 bits per heavy atom. The van der Waals surface area contributed by atoms with Gasteiger partial charge < -0.3 is 40.2 Å². The van der Waals surface area contributed by atoms with Crippen LogP contribution in [0.15, 0.2) is 51.7 Å². The van der Waals surface area contributed by atoms with Crippen molar-refractivity contribution in [3.63, 3.8) is 0 Å². The van der Waals surface area contributed by atoms with Crippen LogP contribution in [0.3, 0.4) is 0 Å². The van der Waals surface area contributed by atoms with Gasteiger partial charge in [-0.2, -0.15) is 4.39 Å². The molecule has 8 N–H and O–H groups in total. The van der Waals surface area contributed by atoms with Gasteiger partial charge in [-0.3, -0.25) is 38.5 Å². The van der Waals surface area contributed by atoms with E-state index in [4.69, 9.17) is 9.47 Å². The molecule has 3 amide bonds. The highest BCUT2D eigenvalue weighted by Gasteiger charge is 2.59. The van der Waals surface area contributed by atoms with E-state index in [0.29, 0.717) is 47.8 Å². The van der Waals surface area contributed by atoms with E-state index in [1.165, 1.54) is 74.8 Å². The predicted octanol–water partition coefficient (Wildman–Crippen LogP) is 6.75.